The molecule has 112 valence electrons. The van der Waals surface area contributed by atoms with Crippen LogP contribution in [0.2, 0.25) is 5.02 Å². The predicted molar refractivity (Wildman–Crippen MR) is 87.0 cm³/mol. The zero-order chi connectivity index (χ0) is 14.5. The van der Waals surface area contributed by atoms with Crippen molar-refractivity contribution >= 4 is 11.6 Å². The summed E-state index contributed by atoms with van der Waals surface area (Å²) >= 11 is 6.18. The maximum atomic E-state index is 6.44. The minimum absolute atomic E-state index is 0.166. The fraction of sp³-hybridized carbons (Fsp3) is 0.647. The fourth-order valence-electron chi connectivity index (χ4n) is 2.91. The van der Waals surface area contributed by atoms with Crippen LogP contribution in [0.1, 0.15) is 51.1 Å². The molecule has 0 aliphatic heterocycles. The number of rotatable bonds is 8. The molecule has 0 bridgehead atoms. The summed E-state index contributed by atoms with van der Waals surface area (Å²) in [7, 11) is 0. The number of benzene rings is 1. The van der Waals surface area contributed by atoms with Gasteiger partial charge >= 0.3 is 0 Å². The van der Waals surface area contributed by atoms with Gasteiger partial charge in [0.05, 0.1) is 0 Å². The Balaban J connectivity index is 2.23. The molecule has 0 heterocycles. The van der Waals surface area contributed by atoms with Gasteiger partial charge in [-0.15, -0.1) is 0 Å². The van der Waals surface area contributed by atoms with Crippen molar-refractivity contribution in [1.29, 1.82) is 0 Å². The van der Waals surface area contributed by atoms with Gasteiger partial charge < -0.3 is 5.73 Å². The van der Waals surface area contributed by atoms with Gasteiger partial charge in [0.15, 0.2) is 0 Å². The standard InChI is InChI=1S/C17H27ClN2/c1-3-10-20(12-13-8-9-13)17(16(19)4-2)14-6-5-7-15(18)11-14/h5-7,11,13,16-17H,3-4,8-10,12,19H2,1-2H3. The van der Waals surface area contributed by atoms with E-state index in [0.717, 1.165) is 23.9 Å². The van der Waals surface area contributed by atoms with Crippen molar-refractivity contribution in [2.75, 3.05) is 13.1 Å². The second-order valence-electron chi connectivity index (χ2n) is 6.01. The molecule has 2 unspecified atom stereocenters. The van der Waals surface area contributed by atoms with Crippen molar-refractivity contribution in [3.63, 3.8) is 0 Å². The third kappa shape index (κ3) is 4.21. The van der Waals surface area contributed by atoms with Crippen molar-refractivity contribution in [3.05, 3.63) is 34.9 Å². The highest BCUT2D eigenvalue weighted by molar-refractivity contribution is 6.30. The van der Waals surface area contributed by atoms with Crippen LogP contribution in [-0.4, -0.2) is 24.0 Å². The maximum absolute atomic E-state index is 6.44. The van der Waals surface area contributed by atoms with E-state index in [4.69, 9.17) is 17.3 Å². The van der Waals surface area contributed by atoms with Gasteiger partial charge in [0.25, 0.3) is 0 Å². The Bertz CT molecular complexity index is 417. The molecule has 0 radical (unpaired) electrons. The molecular formula is C17H27ClN2. The Kier molecular flexibility index (Phi) is 5.88. The average Bonchev–Trinajstić information content (AvgIpc) is 3.23. The lowest BCUT2D eigenvalue weighted by atomic mass is 9.95. The second-order valence-corrected chi connectivity index (χ2v) is 6.45. The largest absolute Gasteiger partial charge is 0.326 e. The summed E-state index contributed by atoms with van der Waals surface area (Å²) in [4.78, 5) is 2.58. The van der Waals surface area contributed by atoms with Gasteiger partial charge in [-0.1, -0.05) is 37.6 Å². The Hall–Kier alpha value is -0.570. The van der Waals surface area contributed by atoms with Gasteiger partial charge in [0.1, 0.15) is 0 Å². The van der Waals surface area contributed by atoms with Crippen LogP contribution in [0.4, 0.5) is 0 Å². The summed E-state index contributed by atoms with van der Waals surface area (Å²) in [5.74, 6) is 0.882. The van der Waals surface area contributed by atoms with Gasteiger partial charge in [-0.25, -0.2) is 0 Å². The lowest BCUT2D eigenvalue weighted by molar-refractivity contribution is 0.162. The van der Waals surface area contributed by atoms with Crippen LogP contribution in [0.25, 0.3) is 0 Å². The SMILES string of the molecule is CCCN(CC1CC1)C(c1cccc(Cl)c1)C(N)CC. The number of halogens is 1. The Morgan fingerprint density at radius 3 is 2.65 bits per heavy atom. The third-order valence-electron chi connectivity index (χ3n) is 4.16. The smallest absolute Gasteiger partial charge is 0.0499 e. The first kappa shape index (κ1) is 15.8. The highest BCUT2D eigenvalue weighted by Gasteiger charge is 2.31. The monoisotopic (exact) mass is 294 g/mol. The van der Waals surface area contributed by atoms with Crippen LogP contribution in [-0.2, 0) is 0 Å². The molecule has 2 rings (SSSR count). The van der Waals surface area contributed by atoms with E-state index in [2.05, 4.69) is 30.9 Å². The highest BCUT2D eigenvalue weighted by Crippen LogP contribution is 2.34. The van der Waals surface area contributed by atoms with Crippen molar-refractivity contribution in [2.45, 2.75) is 51.6 Å². The summed E-state index contributed by atoms with van der Waals surface area (Å²) in [6.07, 6.45) is 4.91. The number of nitrogens with zero attached hydrogens (tertiary/aromatic N) is 1. The van der Waals surface area contributed by atoms with E-state index in [1.54, 1.807) is 0 Å². The third-order valence-corrected chi connectivity index (χ3v) is 4.40. The number of hydrogen-bond acceptors (Lipinski definition) is 2. The van der Waals surface area contributed by atoms with Crippen LogP contribution in [0.3, 0.4) is 0 Å². The Morgan fingerprint density at radius 1 is 1.35 bits per heavy atom. The van der Waals surface area contributed by atoms with Crippen LogP contribution in [0, 0.1) is 5.92 Å². The summed E-state index contributed by atoms with van der Waals surface area (Å²) < 4.78 is 0. The molecule has 1 aliphatic carbocycles. The summed E-state index contributed by atoms with van der Waals surface area (Å²) in [5, 5.41) is 0.804. The lowest BCUT2D eigenvalue weighted by Crippen LogP contribution is -2.42. The molecule has 0 spiro atoms. The molecule has 1 aromatic carbocycles. The lowest BCUT2D eigenvalue weighted by Gasteiger charge is -2.36. The molecule has 1 fully saturated rings. The van der Waals surface area contributed by atoms with E-state index in [1.165, 1.54) is 31.4 Å². The summed E-state index contributed by atoms with van der Waals surface area (Å²) in [6, 6.07) is 8.68. The minimum Gasteiger partial charge on any atom is -0.326 e. The summed E-state index contributed by atoms with van der Waals surface area (Å²) in [6.45, 7) is 6.70. The van der Waals surface area contributed by atoms with E-state index >= 15 is 0 Å². The van der Waals surface area contributed by atoms with E-state index in [0.29, 0.717) is 6.04 Å². The van der Waals surface area contributed by atoms with E-state index in [1.807, 2.05) is 12.1 Å². The molecular weight excluding hydrogens is 268 g/mol. The molecule has 0 aromatic heterocycles. The number of nitrogens with two attached hydrogens (primary N) is 1. The Morgan fingerprint density at radius 2 is 2.10 bits per heavy atom. The first-order chi connectivity index (χ1) is 9.65. The topological polar surface area (TPSA) is 29.3 Å². The van der Waals surface area contributed by atoms with Crippen molar-refractivity contribution < 1.29 is 0 Å². The molecule has 2 atom stereocenters. The van der Waals surface area contributed by atoms with Crippen LogP contribution in [0.15, 0.2) is 24.3 Å². The maximum Gasteiger partial charge on any atom is 0.0499 e. The zero-order valence-electron chi connectivity index (χ0n) is 12.7. The van der Waals surface area contributed by atoms with Gasteiger partial charge in [-0.2, -0.15) is 0 Å². The van der Waals surface area contributed by atoms with Crippen LogP contribution in [0.5, 0.6) is 0 Å². The van der Waals surface area contributed by atoms with Crippen molar-refractivity contribution in [2.24, 2.45) is 11.7 Å². The van der Waals surface area contributed by atoms with E-state index < -0.39 is 0 Å². The molecule has 2 nitrogen and oxygen atoms in total. The van der Waals surface area contributed by atoms with Gasteiger partial charge in [-0.3, -0.25) is 4.90 Å². The van der Waals surface area contributed by atoms with Crippen LogP contribution < -0.4 is 5.73 Å². The van der Waals surface area contributed by atoms with Crippen molar-refractivity contribution in [3.8, 4) is 0 Å². The predicted octanol–water partition coefficient (Wildman–Crippen LogP) is 4.24. The Labute approximate surface area is 128 Å². The molecule has 0 saturated heterocycles. The molecule has 1 saturated carbocycles. The molecule has 2 N–H and O–H groups in total. The molecule has 0 amide bonds. The fourth-order valence-corrected chi connectivity index (χ4v) is 3.10. The second kappa shape index (κ2) is 7.44. The average molecular weight is 295 g/mol. The summed E-state index contributed by atoms with van der Waals surface area (Å²) in [5.41, 5.74) is 7.71. The molecule has 20 heavy (non-hydrogen) atoms. The van der Waals surface area contributed by atoms with Gasteiger partial charge in [-0.05, 0) is 55.8 Å². The normalized spacial score (nSPS) is 18.2. The number of hydrogen-bond donors (Lipinski definition) is 1. The molecule has 3 heteroatoms. The zero-order valence-corrected chi connectivity index (χ0v) is 13.4. The van der Waals surface area contributed by atoms with E-state index in [9.17, 15) is 0 Å². The minimum atomic E-state index is 0.166. The highest BCUT2D eigenvalue weighted by atomic mass is 35.5. The molecule has 1 aliphatic rings. The quantitative estimate of drug-likeness (QED) is 0.777. The first-order valence-electron chi connectivity index (χ1n) is 7.90. The van der Waals surface area contributed by atoms with Crippen LogP contribution >= 0.6 is 11.6 Å². The first-order valence-corrected chi connectivity index (χ1v) is 8.28. The van der Waals surface area contributed by atoms with Gasteiger partial charge in [0.2, 0.25) is 0 Å². The van der Waals surface area contributed by atoms with E-state index in [-0.39, 0.29) is 6.04 Å². The molecule has 1 aromatic rings. The van der Waals surface area contributed by atoms with Crippen molar-refractivity contribution in [1.82, 2.24) is 4.90 Å². The van der Waals surface area contributed by atoms with Gasteiger partial charge in [0, 0.05) is 23.7 Å².